The standard InChI is InChI=1S/C11H13N5OS/c1-15-10(12)8(5-13-15)9(17)4-7-6-16-2-3-18-11(16)14-7/h2-3,5-6,9,17H,4,12H2,1H3. The highest BCUT2D eigenvalue weighted by atomic mass is 32.1. The first-order valence-corrected chi connectivity index (χ1v) is 6.39. The number of nitrogens with zero attached hydrogens (tertiary/aromatic N) is 4. The van der Waals surface area contributed by atoms with E-state index in [1.807, 2.05) is 22.2 Å². The van der Waals surface area contributed by atoms with Crippen LogP contribution in [-0.2, 0) is 13.5 Å². The van der Waals surface area contributed by atoms with E-state index < -0.39 is 6.10 Å². The first-order valence-electron chi connectivity index (χ1n) is 5.51. The van der Waals surface area contributed by atoms with Gasteiger partial charge in [0, 0.05) is 36.8 Å². The van der Waals surface area contributed by atoms with E-state index in [9.17, 15) is 5.11 Å². The van der Waals surface area contributed by atoms with Gasteiger partial charge >= 0.3 is 0 Å². The Kier molecular flexibility index (Phi) is 2.57. The Morgan fingerprint density at radius 2 is 2.39 bits per heavy atom. The van der Waals surface area contributed by atoms with Crippen LogP contribution in [-0.4, -0.2) is 24.3 Å². The topological polar surface area (TPSA) is 81.4 Å². The smallest absolute Gasteiger partial charge is 0.193 e. The molecule has 3 aromatic rings. The Bertz CT molecular complexity index is 654. The summed E-state index contributed by atoms with van der Waals surface area (Å²) in [5, 5.41) is 16.1. The predicted octanol–water partition coefficient (Wildman–Crippen LogP) is 0.988. The molecule has 0 aliphatic carbocycles. The SMILES string of the molecule is Cn1ncc(C(O)Cc2cn3ccsc3n2)c1N. The number of thiazole rings is 1. The third kappa shape index (κ3) is 1.77. The van der Waals surface area contributed by atoms with Gasteiger partial charge in [-0.05, 0) is 0 Å². The van der Waals surface area contributed by atoms with E-state index in [0.717, 1.165) is 10.7 Å². The van der Waals surface area contributed by atoms with E-state index in [2.05, 4.69) is 10.1 Å². The summed E-state index contributed by atoms with van der Waals surface area (Å²) in [6, 6.07) is 0. The summed E-state index contributed by atoms with van der Waals surface area (Å²) in [5.41, 5.74) is 7.32. The molecule has 3 aromatic heterocycles. The number of anilines is 1. The van der Waals surface area contributed by atoms with Gasteiger partial charge in [0.25, 0.3) is 0 Å². The van der Waals surface area contributed by atoms with Gasteiger partial charge < -0.3 is 10.8 Å². The summed E-state index contributed by atoms with van der Waals surface area (Å²) in [6.07, 6.45) is 5.22. The first kappa shape index (κ1) is 11.2. The van der Waals surface area contributed by atoms with Crippen molar-refractivity contribution in [3.63, 3.8) is 0 Å². The van der Waals surface area contributed by atoms with Crippen LogP contribution in [0.25, 0.3) is 4.96 Å². The van der Waals surface area contributed by atoms with E-state index >= 15 is 0 Å². The van der Waals surface area contributed by atoms with Crippen LogP contribution >= 0.6 is 11.3 Å². The number of rotatable bonds is 3. The van der Waals surface area contributed by atoms with E-state index in [0.29, 0.717) is 17.8 Å². The van der Waals surface area contributed by atoms with Crippen LogP contribution < -0.4 is 5.73 Å². The number of aromatic nitrogens is 4. The molecule has 0 aromatic carbocycles. The number of nitrogen functional groups attached to an aromatic ring is 1. The zero-order chi connectivity index (χ0) is 12.7. The molecule has 1 unspecified atom stereocenters. The van der Waals surface area contributed by atoms with Crippen molar-refractivity contribution in [2.75, 3.05) is 5.73 Å². The minimum absolute atomic E-state index is 0.435. The largest absolute Gasteiger partial charge is 0.388 e. The average molecular weight is 263 g/mol. The molecule has 0 saturated heterocycles. The fraction of sp³-hybridized carbons (Fsp3) is 0.273. The maximum atomic E-state index is 10.2. The highest BCUT2D eigenvalue weighted by molar-refractivity contribution is 7.15. The minimum atomic E-state index is -0.677. The van der Waals surface area contributed by atoms with Crippen molar-refractivity contribution in [2.45, 2.75) is 12.5 Å². The molecule has 3 rings (SSSR count). The lowest BCUT2D eigenvalue weighted by molar-refractivity contribution is 0.178. The van der Waals surface area contributed by atoms with Crippen LogP contribution in [0.15, 0.2) is 24.0 Å². The Labute approximate surface area is 107 Å². The number of fused-ring (bicyclic) bond motifs is 1. The maximum absolute atomic E-state index is 10.2. The molecule has 0 amide bonds. The molecular weight excluding hydrogens is 250 g/mol. The van der Waals surface area contributed by atoms with Crippen molar-refractivity contribution in [3.8, 4) is 0 Å². The Hall–Kier alpha value is -1.86. The summed E-state index contributed by atoms with van der Waals surface area (Å²) in [6.45, 7) is 0. The second-order valence-electron chi connectivity index (χ2n) is 4.15. The van der Waals surface area contributed by atoms with Gasteiger partial charge in [-0.1, -0.05) is 0 Å². The van der Waals surface area contributed by atoms with Crippen molar-refractivity contribution in [1.82, 2.24) is 19.2 Å². The summed E-state index contributed by atoms with van der Waals surface area (Å²) < 4.78 is 3.49. The fourth-order valence-electron chi connectivity index (χ4n) is 1.90. The highest BCUT2D eigenvalue weighted by Gasteiger charge is 2.16. The van der Waals surface area contributed by atoms with Crippen LogP contribution in [0.3, 0.4) is 0 Å². The highest BCUT2D eigenvalue weighted by Crippen LogP contribution is 2.23. The molecule has 0 saturated carbocycles. The molecule has 0 radical (unpaired) electrons. The minimum Gasteiger partial charge on any atom is -0.388 e. The molecule has 6 nitrogen and oxygen atoms in total. The molecular formula is C11H13N5OS. The first-order chi connectivity index (χ1) is 8.65. The molecule has 18 heavy (non-hydrogen) atoms. The zero-order valence-electron chi connectivity index (χ0n) is 9.82. The van der Waals surface area contributed by atoms with Gasteiger partial charge in [-0.2, -0.15) is 5.10 Å². The molecule has 3 heterocycles. The van der Waals surface area contributed by atoms with Crippen LogP contribution in [0.1, 0.15) is 17.4 Å². The number of hydrogen-bond donors (Lipinski definition) is 2. The van der Waals surface area contributed by atoms with Crippen LogP contribution in [0.2, 0.25) is 0 Å². The number of aliphatic hydroxyl groups is 1. The van der Waals surface area contributed by atoms with Gasteiger partial charge in [-0.3, -0.25) is 9.08 Å². The van der Waals surface area contributed by atoms with E-state index in [-0.39, 0.29) is 0 Å². The summed E-state index contributed by atoms with van der Waals surface area (Å²) in [5.74, 6) is 0.489. The predicted molar refractivity (Wildman–Crippen MR) is 69.4 cm³/mol. The lowest BCUT2D eigenvalue weighted by Crippen LogP contribution is -2.06. The van der Waals surface area contributed by atoms with Crippen molar-refractivity contribution in [2.24, 2.45) is 7.05 Å². The van der Waals surface area contributed by atoms with Gasteiger partial charge in [0.2, 0.25) is 0 Å². The molecule has 94 valence electrons. The fourth-order valence-corrected chi connectivity index (χ4v) is 2.62. The number of nitrogens with two attached hydrogens (primary N) is 1. The number of aliphatic hydroxyl groups excluding tert-OH is 1. The Morgan fingerprint density at radius 1 is 1.56 bits per heavy atom. The molecule has 0 aliphatic heterocycles. The lowest BCUT2D eigenvalue weighted by atomic mass is 10.1. The van der Waals surface area contributed by atoms with Gasteiger partial charge in [0.05, 0.1) is 18.0 Å². The summed E-state index contributed by atoms with van der Waals surface area (Å²) in [7, 11) is 1.75. The number of aryl methyl sites for hydroxylation is 1. The Balaban J connectivity index is 1.84. The van der Waals surface area contributed by atoms with Crippen molar-refractivity contribution >= 4 is 22.1 Å². The third-order valence-electron chi connectivity index (χ3n) is 2.92. The quantitative estimate of drug-likeness (QED) is 0.738. The van der Waals surface area contributed by atoms with Gasteiger partial charge in [0.15, 0.2) is 4.96 Å². The van der Waals surface area contributed by atoms with Crippen molar-refractivity contribution in [3.05, 3.63) is 35.2 Å². The Morgan fingerprint density at radius 3 is 3.06 bits per heavy atom. The van der Waals surface area contributed by atoms with Crippen molar-refractivity contribution in [1.29, 1.82) is 0 Å². The average Bonchev–Trinajstić information content (AvgIpc) is 2.96. The zero-order valence-corrected chi connectivity index (χ0v) is 10.6. The van der Waals surface area contributed by atoms with Gasteiger partial charge in [0.1, 0.15) is 5.82 Å². The van der Waals surface area contributed by atoms with E-state index in [4.69, 9.17) is 5.73 Å². The maximum Gasteiger partial charge on any atom is 0.193 e. The second-order valence-corrected chi connectivity index (χ2v) is 5.03. The normalized spacial score (nSPS) is 13.2. The van der Waals surface area contributed by atoms with Crippen molar-refractivity contribution < 1.29 is 5.11 Å². The van der Waals surface area contributed by atoms with E-state index in [1.54, 1.807) is 29.3 Å². The summed E-state index contributed by atoms with van der Waals surface area (Å²) in [4.78, 5) is 5.36. The lowest BCUT2D eigenvalue weighted by Gasteiger charge is -2.07. The summed E-state index contributed by atoms with van der Waals surface area (Å²) >= 11 is 1.57. The van der Waals surface area contributed by atoms with Gasteiger partial charge in [-0.15, -0.1) is 11.3 Å². The molecule has 0 spiro atoms. The molecule has 7 heteroatoms. The van der Waals surface area contributed by atoms with Crippen LogP contribution in [0, 0.1) is 0 Å². The van der Waals surface area contributed by atoms with Gasteiger partial charge in [-0.25, -0.2) is 4.98 Å². The van der Waals surface area contributed by atoms with Crippen LogP contribution in [0.4, 0.5) is 5.82 Å². The molecule has 0 aliphatic rings. The molecule has 0 fully saturated rings. The molecule has 1 atom stereocenters. The third-order valence-corrected chi connectivity index (χ3v) is 3.69. The van der Waals surface area contributed by atoms with Crippen LogP contribution in [0.5, 0.6) is 0 Å². The molecule has 0 bridgehead atoms. The monoisotopic (exact) mass is 263 g/mol. The number of imidazole rings is 1. The number of hydrogen-bond acceptors (Lipinski definition) is 5. The molecule has 3 N–H and O–H groups in total. The second kappa shape index (κ2) is 4.11. The van der Waals surface area contributed by atoms with E-state index in [1.165, 1.54) is 0 Å².